The van der Waals surface area contributed by atoms with Gasteiger partial charge in [-0.1, -0.05) is 13.8 Å². The van der Waals surface area contributed by atoms with Gasteiger partial charge in [0.1, 0.15) is 10.7 Å². The van der Waals surface area contributed by atoms with Crippen molar-refractivity contribution >= 4 is 27.6 Å². The Hall–Kier alpha value is -0.790. The zero-order valence-corrected chi connectivity index (χ0v) is 13.1. The third-order valence-corrected chi connectivity index (χ3v) is 6.43. The Morgan fingerprint density at radius 3 is 2.53 bits per heavy atom. The lowest BCUT2D eigenvalue weighted by atomic mass is 10.0. The third-order valence-electron chi connectivity index (χ3n) is 3.40. The Morgan fingerprint density at radius 2 is 2.05 bits per heavy atom. The summed E-state index contributed by atoms with van der Waals surface area (Å²) < 4.78 is 27.0. The van der Waals surface area contributed by atoms with E-state index < -0.39 is 10.0 Å². The Bertz CT molecular complexity index is 505. The number of nitrogen functional groups attached to an aromatic ring is 1. The first kappa shape index (κ1) is 16.3. The van der Waals surface area contributed by atoms with Gasteiger partial charge in [-0.05, 0) is 31.2 Å². The first-order valence-corrected chi connectivity index (χ1v) is 8.87. The maximum atomic E-state index is 12.2. The first-order chi connectivity index (χ1) is 8.90. The van der Waals surface area contributed by atoms with Crippen LogP contribution in [0.1, 0.15) is 26.7 Å². The Balaban J connectivity index is 2.90. The predicted molar refractivity (Wildman–Crippen MR) is 80.7 cm³/mol. The molecule has 1 heterocycles. The highest BCUT2D eigenvalue weighted by Crippen LogP contribution is 2.30. The van der Waals surface area contributed by atoms with Crippen molar-refractivity contribution in [3.63, 3.8) is 0 Å². The van der Waals surface area contributed by atoms with E-state index in [1.807, 2.05) is 6.26 Å². The summed E-state index contributed by atoms with van der Waals surface area (Å²) in [7, 11) is -3.61. The minimum atomic E-state index is -3.61. The van der Waals surface area contributed by atoms with Crippen LogP contribution in [0.25, 0.3) is 0 Å². The van der Waals surface area contributed by atoms with Crippen LogP contribution in [0.3, 0.4) is 0 Å². The smallest absolute Gasteiger partial charge is 0.244 e. The average molecular weight is 303 g/mol. The molecule has 7 heteroatoms. The van der Waals surface area contributed by atoms with Crippen LogP contribution in [0.15, 0.2) is 23.2 Å². The van der Waals surface area contributed by atoms with E-state index in [4.69, 9.17) is 5.73 Å². The lowest BCUT2D eigenvalue weighted by molar-refractivity contribution is 0.522. The van der Waals surface area contributed by atoms with Crippen molar-refractivity contribution in [1.82, 2.24) is 9.71 Å². The van der Waals surface area contributed by atoms with Crippen molar-refractivity contribution < 1.29 is 8.42 Å². The summed E-state index contributed by atoms with van der Waals surface area (Å²) in [5.74, 6) is 0.0257. The number of thioether (sulfide) groups is 1. The van der Waals surface area contributed by atoms with Gasteiger partial charge in [-0.3, -0.25) is 0 Å². The van der Waals surface area contributed by atoms with Crippen LogP contribution in [0, 0.1) is 0 Å². The number of hydrogen-bond acceptors (Lipinski definition) is 5. The second-order valence-electron chi connectivity index (χ2n) is 4.31. The maximum absolute atomic E-state index is 12.2. The molecule has 0 fully saturated rings. The summed E-state index contributed by atoms with van der Waals surface area (Å²) in [5.41, 5.74) is 5.61. The van der Waals surface area contributed by atoms with Crippen molar-refractivity contribution in [3.05, 3.63) is 18.3 Å². The van der Waals surface area contributed by atoms with E-state index in [9.17, 15) is 8.42 Å². The molecule has 0 aliphatic carbocycles. The van der Waals surface area contributed by atoms with Crippen LogP contribution in [-0.4, -0.2) is 30.9 Å². The number of sulfonamides is 1. The third kappa shape index (κ3) is 3.84. The molecule has 1 aromatic rings. The molecule has 1 rings (SSSR count). The predicted octanol–water partition coefficient (Wildman–Crippen LogP) is 1.86. The molecule has 19 heavy (non-hydrogen) atoms. The minimum Gasteiger partial charge on any atom is -0.383 e. The quantitative estimate of drug-likeness (QED) is 0.803. The highest BCUT2D eigenvalue weighted by molar-refractivity contribution is 8.00. The fraction of sp³-hybridized carbons (Fsp3) is 0.583. The van der Waals surface area contributed by atoms with Gasteiger partial charge in [-0.2, -0.15) is 11.8 Å². The molecular weight excluding hydrogens is 282 g/mol. The van der Waals surface area contributed by atoms with Crippen molar-refractivity contribution in [1.29, 1.82) is 0 Å². The molecule has 0 spiro atoms. The van der Waals surface area contributed by atoms with E-state index in [0.29, 0.717) is 6.54 Å². The molecule has 0 radical (unpaired) electrons. The summed E-state index contributed by atoms with van der Waals surface area (Å²) in [6, 6.07) is 3.02. The van der Waals surface area contributed by atoms with Gasteiger partial charge in [0.05, 0.1) is 0 Å². The summed E-state index contributed by atoms with van der Waals surface area (Å²) in [5, 5.41) is 0. The van der Waals surface area contributed by atoms with E-state index in [-0.39, 0.29) is 15.5 Å². The van der Waals surface area contributed by atoms with Gasteiger partial charge in [0, 0.05) is 17.5 Å². The number of anilines is 1. The second-order valence-corrected chi connectivity index (χ2v) is 7.32. The number of nitrogens with zero attached hydrogens (tertiary/aromatic N) is 1. The van der Waals surface area contributed by atoms with Gasteiger partial charge >= 0.3 is 0 Å². The van der Waals surface area contributed by atoms with Crippen molar-refractivity contribution in [2.24, 2.45) is 0 Å². The molecule has 0 saturated heterocycles. The fourth-order valence-electron chi connectivity index (χ4n) is 1.80. The van der Waals surface area contributed by atoms with Crippen molar-refractivity contribution in [2.45, 2.75) is 36.3 Å². The zero-order chi connectivity index (χ0) is 14.5. The van der Waals surface area contributed by atoms with E-state index in [1.54, 1.807) is 17.8 Å². The van der Waals surface area contributed by atoms with Gasteiger partial charge in [-0.25, -0.2) is 18.1 Å². The first-order valence-electron chi connectivity index (χ1n) is 6.16. The van der Waals surface area contributed by atoms with Crippen LogP contribution in [0.5, 0.6) is 0 Å². The summed E-state index contributed by atoms with van der Waals surface area (Å²) in [6.45, 7) is 4.51. The fourth-order valence-corrected chi connectivity index (χ4v) is 3.89. The van der Waals surface area contributed by atoms with E-state index in [0.717, 1.165) is 12.8 Å². The molecule has 0 atom stereocenters. The molecule has 5 nitrogen and oxygen atoms in total. The van der Waals surface area contributed by atoms with E-state index >= 15 is 0 Å². The Kier molecular flexibility index (Phi) is 5.64. The molecule has 0 aromatic carbocycles. The number of nitrogens with one attached hydrogen (secondary N) is 1. The molecule has 0 unspecified atom stereocenters. The minimum absolute atomic E-state index is 0.0257. The standard InChI is InChI=1S/C12H21N3O2S2/c1-4-12(5-2,18-3)9-15-19(16,17)10-7-6-8-14-11(10)13/h6-8,15H,4-5,9H2,1-3H3,(H2,13,14). The van der Waals surface area contributed by atoms with Crippen LogP contribution < -0.4 is 10.5 Å². The Morgan fingerprint density at radius 1 is 1.42 bits per heavy atom. The molecule has 0 saturated carbocycles. The van der Waals surface area contributed by atoms with Gasteiger partial charge in [0.15, 0.2) is 0 Å². The van der Waals surface area contributed by atoms with Gasteiger partial charge in [0.2, 0.25) is 10.0 Å². The highest BCUT2D eigenvalue weighted by Gasteiger charge is 2.28. The maximum Gasteiger partial charge on any atom is 0.244 e. The molecule has 1 aromatic heterocycles. The van der Waals surface area contributed by atoms with Crippen LogP contribution in [0.2, 0.25) is 0 Å². The monoisotopic (exact) mass is 303 g/mol. The van der Waals surface area contributed by atoms with Crippen LogP contribution >= 0.6 is 11.8 Å². The van der Waals surface area contributed by atoms with E-state index in [1.165, 1.54) is 12.3 Å². The average Bonchev–Trinajstić information content (AvgIpc) is 2.41. The SMILES string of the molecule is CCC(CC)(CNS(=O)(=O)c1cccnc1N)SC. The second kappa shape index (κ2) is 6.58. The van der Waals surface area contributed by atoms with Crippen molar-refractivity contribution in [3.8, 4) is 0 Å². The van der Waals surface area contributed by atoms with Crippen molar-refractivity contribution in [2.75, 3.05) is 18.5 Å². The van der Waals surface area contributed by atoms with E-state index in [2.05, 4.69) is 23.6 Å². The Labute approximate surface area is 119 Å². The summed E-state index contributed by atoms with van der Waals surface area (Å²) >= 11 is 1.68. The van der Waals surface area contributed by atoms with Gasteiger partial charge < -0.3 is 5.73 Å². The van der Waals surface area contributed by atoms with Gasteiger partial charge in [0.25, 0.3) is 0 Å². The van der Waals surface area contributed by atoms with Crippen LogP contribution in [0.4, 0.5) is 5.82 Å². The molecule has 0 bridgehead atoms. The summed E-state index contributed by atoms with van der Waals surface area (Å²) in [4.78, 5) is 3.84. The highest BCUT2D eigenvalue weighted by atomic mass is 32.2. The molecule has 108 valence electrons. The normalized spacial score (nSPS) is 12.6. The molecule has 3 N–H and O–H groups in total. The number of aromatic nitrogens is 1. The molecular formula is C12H21N3O2S2. The largest absolute Gasteiger partial charge is 0.383 e. The molecule has 0 aliphatic heterocycles. The number of nitrogens with two attached hydrogens (primary N) is 1. The van der Waals surface area contributed by atoms with Crippen LogP contribution in [-0.2, 0) is 10.0 Å². The summed E-state index contributed by atoms with van der Waals surface area (Å²) in [6.07, 6.45) is 5.27. The zero-order valence-electron chi connectivity index (χ0n) is 11.5. The molecule has 0 amide bonds. The topological polar surface area (TPSA) is 85.1 Å². The number of rotatable bonds is 7. The number of pyridine rings is 1. The lowest BCUT2D eigenvalue weighted by Gasteiger charge is -2.29. The van der Waals surface area contributed by atoms with Gasteiger partial charge in [-0.15, -0.1) is 0 Å². The molecule has 0 aliphatic rings. The lowest BCUT2D eigenvalue weighted by Crippen LogP contribution is -2.39. The number of hydrogen-bond donors (Lipinski definition) is 2.